The normalized spacial score (nSPS) is 9.00. The number of aryl methyl sites for hydroxylation is 1. The first-order chi connectivity index (χ1) is 7.65. The first kappa shape index (κ1) is 14.5. The summed E-state index contributed by atoms with van der Waals surface area (Å²) < 4.78 is 5.46. The van der Waals surface area contributed by atoms with Gasteiger partial charge in [0.15, 0.2) is 0 Å². The Bertz CT molecular complexity index is 335. The van der Waals surface area contributed by atoms with Crippen molar-refractivity contribution in [3.8, 4) is 5.75 Å². The Morgan fingerprint density at radius 3 is 2.44 bits per heavy atom. The molecule has 3 N–H and O–H groups in total. The predicted octanol–water partition coefficient (Wildman–Crippen LogP) is 3.09. The Hall–Kier alpha value is -1.51. The van der Waals surface area contributed by atoms with Crippen molar-refractivity contribution in [1.82, 2.24) is 0 Å². The Kier molecular flexibility index (Phi) is 7.01. The summed E-state index contributed by atoms with van der Waals surface area (Å²) in [4.78, 5) is 0. The molecule has 0 aliphatic rings. The van der Waals surface area contributed by atoms with Crippen LogP contribution < -0.4 is 10.5 Å². The quantitative estimate of drug-likeness (QED) is 0.607. The number of benzene rings is 1. The average Bonchev–Trinajstić information content (AvgIpc) is 2.28. The van der Waals surface area contributed by atoms with Crippen LogP contribution in [0.3, 0.4) is 0 Å². The average molecular weight is 222 g/mol. The standard InChI is InChI=1S/C11H16N2O.C2H6/c1-3-6-14-9-4-5-10(11(12)13)8(2)7-9;1-2/h4-5,7H,3,6H2,1-2H3,(H3,12,13);1-2H3. The highest BCUT2D eigenvalue weighted by Gasteiger charge is 2.02. The van der Waals surface area contributed by atoms with Crippen molar-refractivity contribution in [2.75, 3.05) is 6.61 Å². The molecule has 1 rings (SSSR count). The van der Waals surface area contributed by atoms with Crippen LogP contribution in [0, 0.1) is 12.3 Å². The van der Waals surface area contributed by atoms with E-state index in [9.17, 15) is 0 Å². The molecule has 0 fully saturated rings. The first-order valence-corrected chi connectivity index (χ1v) is 5.73. The van der Waals surface area contributed by atoms with Crippen LogP contribution in [0.5, 0.6) is 5.75 Å². The Morgan fingerprint density at radius 1 is 1.38 bits per heavy atom. The second kappa shape index (κ2) is 7.74. The minimum atomic E-state index is 0.101. The zero-order valence-corrected chi connectivity index (χ0v) is 10.6. The van der Waals surface area contributed by atoms with Gasteiger partial charge in [-0.05, 0) is 37.1 Å². The van der Waals surface area contributed by atoms with Gasteiger partial charge in [0.1, 0.15) is 11.6 Å². The number of hydrogen-bond donors (Lipinski definition) is 2. The van der Waals surface area contributed by atoms with Crippen LogP contribution in [0.1, 0.15) is 38.3 Å². The summed E-state index contributed by atoms with van der Waals surface area (Å²) >= 11 is 0. The molecule has 0 aliphatic carbocycles. The van der Waals surface area contributed by atoms with Gasteiger partial charge in [-0.2, -0.15) is 0 Å². The second-order valence-electron chi connectivity index (χ2n) is 3.24. The molecule has 0 atom stereocenters. The van der Waals surface area contributed by atoms with E-state index in [1.54, 1.807) is 0 Å². The molecule has 90 valence electrons. The minimum Gasteiger partial charge on any atom is -0.494 e. The fourth-order valence-electron chi connectivity index (χ4n) is 1.25. The number of amidine groups is 1. The summed E-state index contributed by atoms with van der Waals surface area (Å²) in [6, 6.07) is 5.58. The summed E-state index contributed by atoms with van der Waals surface area (Å²) in [5, 5.41) is 7.32. The van der Waals surface area contributed by atoms with Crippen molar-refractivity contribution < 1.29 is 4.74 Å². The zero-order chi connectivity index (χ0) is 12.6. The summed E-state index contributed by atoms with van der Waals surface area (Å²) in [6.45, 7) is 8.71. The van der Waals surface area contributed by atoms with E-state index in [1.807, 2.05) is 39.0 Å². The lowest BCUT2D eigenvalue weighted by Crippen LogP contribution is -2.12. The highest BCUT2D eigenvalue weighted by molar-refractivity contribution is 5.96. The molecule has 0 radical (unpaired) electrons. The van der Waals surface area contributed by atoms with Gasteiger partial charge in [-0.3, -0.25) is 5.41 Å². The monoisotopic (exact) mass is 222 g/mol. The van der Waals surface area contributed by atoms with Gasteiger partial charge < -0.3 is 10.5 Å². The Morgan fingerprint density at radius 2 is 2.00 bits per heavy atom. The Balaban J connectivity index is 0.00000106. The van der Waals surface area contributed by atoms with Crippen LogP contribution in [0.2, 0.25) is 0 Å². The van der Waals surface area contributed by atoms with Crippen LogP contribution in [0.15, 0.2) is 18.2 Å². The summed E-state index contributed by atoms with van der Waals surface area (Å²) in [7, 11) is 0. The van der Waals surface area contributed by atoms with E-state index in [1.165, 1.54) is 0 Å². The number of nitrogens with one attached hydrogen (secondary N) is 1. The molecule has 0 spiro atoms. The fourth-order valence-corrected chi connectivity index (χ4v) is 1.25. The largest absolute Gasteiger partial charge is 0.494 e. The van der Waals surface area contributed by atoms with Gasteiger partial charge in [0, 0.05) is 5.56 Å². The predicted molar refractivity (Wildman–Crippen MR) is 69.3 cm³/mol. The van der Waals surface area contributed by atoms with Crippen LogP contribution >= 0.6 is 0 Å². The summed E-state index contributed by atoms with van der Waals surface area (Å²) in [5.41, 5.74) is 7.16. The van der Waals surface area contributed by atoms with E-state index >= 15 is 0 Å². The van der Waals surface area contributed by atoms with E-state index in [4.69, 9.17) is 15.9 Å². The molecule has 1 aromatic rings. The van der Waals surface area contributed by atoms with Gasteiger partial charge in [0.25, 0.3) is 0 Å². The maximum atomic E-state index is 7.32. The highest BCUT2D eigenvalue weighted by Crippen LogP contribution is 2.16. The van der Waals surface area contributed by atoms with Crippen molar-refractivity contribution in [2.24, 2.45) is 5.73 Å². The van der Waals surface area contributed by atoms with Crippen molar-refractivity contribution in [1.29, 1.82) is 5.41 Å². The molecular formula is C13H22N2O. The van der Waals surface area contributed by atoms with Crippen LogP contribution in [-0.4, -0.2) is 12.4 Å². The Labute approximate surface area is 98.1 Å². The molecule has 0 aliphatic heterocycles. The number of rotatable bonds is 4. The third kappa shape index (κ3) is 4.34. The van der Waals surface area contributed by atoms with Gasteiger partial charge in [-0.25, -0.2) is 0 Å². The van der Waals surface area contributed by atoms with Gasteiger partial charge >= 0.3 is 0 Å². The van der Waals surface area contributed by atoms with Crippen LogP contribution in [0.25, 0.3) is 0 Å². The van der Waals surface area contributed by atoms with E-state index in [0.29, 0.717) is 0 Å². The highest BCUT2D eigenvalue weighted by atomic mass is 16.5. The third-order valence-electron chi connectivity index (χ3n) is 1.96. The van der Waals surface area contributed by atoms with Gasteiger partial charge in [0.2, 0.25) is 0 Å². The van der Waals surface area contributed by atoms with E-state index in [2.05, 4.69) is 6.92 Å². The topological polar surface area (TPSA) is 59.1 Å². The fraction of sp³-hybridized carbons (Fsp3) is 0.462. The second-order valence-corrected chi connectivity index (χ2v) is 3.24. The summed E-state index contributed by atoms with van der Waals surface area (Å²) in [5.74, 6) is 0.943. The van der Waals surface area contributed by atoms with Crippen molar-refractivity contribution in [2.45, 2.75) is 34.1 Å². The lowest BCUT2D eigenvalue weighted by Gasteiger charge is -2.08. The van der Waals surface area contributed by atoms with Crippen molar-refractivity contribution >= 4 is 5.84 Å². The van der Waals surface area contributed by atoms with Crippen LogP contribution in [0.4, 0.5) is 0 Å². The van der Waals surface area contributed by atoms with Gasteiger partial charge in [-0.1, -0.05) is 20.8 Å². The number of ether oxygens (including phenoxy) is 1. The molecule has 0 aromatic heterocycles. The zero-order valence-electron chi connectivity index (χ0n) is 10.6. The third-order valence-corrected chi connectivity index (χ3v) is 1.96. The number of hydrogen-bond acceptors (Lipinski definition) is 2. The van der Waals surface area contributed by atoms with Crippen LogP contribution in [-0.2, 0) is 0 Å². The molecule has 3 nitrogen and oxygen atoms in total. The molecular weight excluding hydrogens is 200 g/mol. The van der Waals surface area contributed by atoms with Crippen molar-refractivity contribution in [3.05, 3.63) is 29.3 Å². The van der Waals surface area contributed by atoms with E-state index in [0.717, 1.165) is 29.9 Å². The molecule has 0 unspecified atom stereocenters. The maximum absolute atomic E-state index is 7.32. The van der Waals surface area contributed by atoms with E-state index in [-0.39, 0.29) is 5.84 Å². The maximum Gasteiger partial charge on any atom is 0.123 e. The molecule has 16 heavy (non-hydrogen) atoms. The molecule has 0 amide bonds. The molecule has 0 bridgehead atoms. The number of nitrogen functional groups attached to an aromatic ring is 1. The van der Waals surface area contributed by atoms with E-state index < -0.39 is 0 Å². The molecule has 3 heteroatoms. The molecule has 0 saturated heterocycles. The molecule has 0 saturated carbocycles. The molecule has 1 aromatic carbocycles. The van der Waals surface area contributed by atoms with Gasteiger partial charge in [0.05, 0.1) is 6.61 Å². The number of nitrogens with two attached hydrogens (primary N) is 1. The molecule has 0 heterocycles. The lowest BCUT2D eigenvalue weighted by atomic mass is 10.1. The summed E-state index contributed by atoms with van der Waals surface area (Å²) in [6.07, 6.45) is 0.994. The first-order valence-electron chi connectivity index (χ1n) is 5.73. The van der Waals surface area contributed by atoms with Crippen molar-refractivity contribution in [3.63, 3.8) is 0 Å². The SMILES string of the molecule is CC.CCCOc1ccc(C(=N)N)c(C)c1. The lowest BCUT2D eigenvalue weighted by molar-refractivity contribution is 0.317. The minimum absolute atomic E-state index is 0.101. The van der Waals surface area contributed by atoms with Gasteiger partial charge in [-0.15, -0.1) is 0 Å². The smallest absolute Gasteiger partial charge is 0.123 e.